The fourth-order valence-electron chi connectivity index (χ4n) is 2.69. The highest BCUT2D eigenvalue weighted by atomic mass is 32.2. The van der Waals surface area contributed by atoms with E-state index < -0.39 is 45.0 Å². The summed E-state index contributed by atoms with van der Waals surface area (Å²) in [6.07, 6.45) is 6.09. The quantitative estimate of drug-likeness (QED) is 0.287. The molecule has 0 aliphatic rings. The Kier molecular flexibility index (Phi) is 7.39. The lowest BCUT2D eigenvalue weighted by atomic mass is 10.1. The van der Waals surface area contributed by atoms with E-state index in [0.29, 0.717) is 6.07 Å². The average molecular weight is 503 g/mol. The van der Waals surface area contributed by atoms with Crippen LogP contribution in [0.25, 0.3) is 16.3 Å². The minimum absolute atomic E-state index is 0.0878. The summed E-state index contributed by atoms with van der Waals surface area (Å²) in [5.41, 5.74) is 0.972. The Labute approximate surface area is 184 Å². The summed E-state index contributed by atoms with van der Waals surface area (Å²) in [6.45, 7) is 7.43. The summed E-state index contributed by atoms with van der Waals surface area (Å²) >= 11 is 0. The average Bonchev–Trinajstić information content (AvgIpc) is 3.20. The SMILES string of the molecule is C=CCC(=C)c1ncc[nH]1.O=S(=O)(O)c1cc2ccccc2c(S(=O)(=O)O)c1S(=O)(=O)O. The Morgan fingerprint density at radius 2 is 1.56 bits per heavy atom. The fraction of sp³-hybridized carbons (Fsp3) is 0.0556. The van der Waals surface area contributed by atoms with Crippen molar-refractivity contribution < 1.29 is 38.9 Å². The lowest BCUT2D eigenvalue weighted by Crippen LogP contribution is -2.15. The lowest BCUT2D eigenvalue weighted by molar-refractivity contribution is 0.457. The first-order valence-corrected chi connectivity index (χ1v) is 12.8. The zero-order valence-electron chi connectivity index (χ0n) is 16.2. The highest BCUT2D eigenvalue weighted by molar-refractivity contribution is 7.90. The van der Waals surface area contributed by atoms with E-state index in [0.717, 1.165) is 23.9 Å². The number of fused-ring (bicyclic) bond motifs is 1. The number of allylic oxidation sites excluding steroid dienone is 2. The standard InChI is InChI=1S/C10H8O9S3.C8H10N2/c11-20(12,13)8-5-6-3-1-2-4-7(6)9(21(14,15)16)10(8)22(17,18)19;1-3-4-7(2)8-9-5-6-10-8/h1-5H,(H,11,12,13)(H,14,15,16)(H,17,18,19);3,5-6H,1-2,4H2,(H,9,10). The van der Waals surface area contributed by atoms with Gasteiger partial charge in [-0.05, 0) is 23.4 Å². The molecule has 3 aromatic rings. The van der Waals surface area contributed by atoms with Gasteiger partial charge in [-0.15, -0.1) is 6.58 Å². The van der Waals surface area contributed by atoms with Crippen LogP contribution >= 0.6 is 0 Å². The van der Waals surface area contributed by atoms with Crippen LogP contribution in [-0.4, -0.2) is 48.9 Å². The number of nitrogens with zero attached hydrogens (tertiary/aromatic N) is 1. The molecule has 0 saturated heterocycles. The molecule has 11 nitrogen and oxygen atoms in total. The van der Waals surface area contributed by atoms with E-state index in [2.05, 4.69) is 23.1 Å². The van der Waals surface area contributed by atoms with Gasteiger partial charge in [0.25, 0.3) is 30.4 Å². The molecule has 0 radical (unpaired) electrons. The van der Waals surface area contributed by atoms with Gasteiger partial charge in [-0.1, -0.05) is 36.9 Å². The zero-order valence-corrected chi connectivity index (χ0v) is 18.7. The predicted octanol–water partition coefficient (Wildman–Crippen LogP) is 2.58. The van der Waals surface area contributed by atoms with Crippen molar-refractivity contribution >= 4 is 46.7 Å². The van der Waals surface area contributed by atoms with Gasteiger partial charge in [0.05, 0.1) is 0 Å². The summed E-state index contributed by atoms with van der Waals surface area (Å²) in [5, 5.41) is -0.430. The number of hydrogen-bond donors (Lipinski definition) is 4. The molecular weight excluding hydrogens is 484 g/mol. The van der Waals surface area contributed by atoms with Crippen molar-refractivity contribution in [1.29, 1.82) is 0 Å². The van der Waals surface area contributed by atoms with Crippen LogP contribution in [-0.2, 0) is 30.4 Å². The van der Waals surface area contributed by atoms with E-state index >= 15 is 0 Å². The molecular formula is C18H18N2O9S3. The molecule has 14 heteroatoms. The van der Waals surface area contributed by atoms with Crippen molar-refractivity contribution in [3.05, 3.63) is 67.8 Å². The van der Waals surface area contributed by atoms with Crippen LogP contribution < -0.4 is 0 Å². The molecule has 0 amide bonds. The van der Waals surface area contributed by atoms with E-state index in [-0.39, 0.29) is 10.8 Å². The lowest BCUT2D eigenvalue weighted by Gasteiger charge is -2.12. The summed E-state index contributed by atoms with van der Waals surface area (Å²) in [7, 11) is -15.8. The van der Waals surface area contributed by atoms with Crippen LogP contribution in [0.5, 0.6) is 0 Å². The van der Waals surface area contributed by atoms with Crippen molar-refractivity contribution in [3.8, 4) is 0 Å². The second kappa shape index (κ2) is 9.32. The summed E-state index contributed by atoms with van der Waals surface area (Å²) in [6, 6.07) is 5.69. The van der Waals surface area contributed by atoms with Crippen molar-refractivity contribution in [2.24, 2.45) is 0 Å². The second-order valence-corrected chi connectivity index (χ2v) is 10.3. The molecule has 32 heavy (non-hydrogen) atoms. The topological polar surface area (TPSA) is 192 Å². The maximum absolute atomic E-state index is 11.5. The van der Waals surface area contributed by atoms with Gasteiger partial charge in [-0.3, -0.25) is 13.7 Å². The molecule has 0 unspecified atom stereocenters. The van der Waals surface area contributed by atoms with Gasteiger partial charge in [0.1, 0.15) is 20.5 Å². The smallest absolute Gasteiger partial charge is 0.297 e. The predicted molar refractivity (Wildman–Crippen MR) is 116 cm³/mol. The molecule has 1 heterocycles. The third kappa shape index (κ3) is 5.87. The first-order valence-electron chi connectivity index (χ1n) is 8.44. The molecule has 0 spiro atoms. The molecule has 0 aliphatic heterocycles. The van der Waals surface area contributed by atoms with Gasteiger partial charge < -0.3 is 4.98 Å². The number of aromatic amines is 1. The van der Waals surface area contributed by atoms with Crippen LogP contribution in [0.4, 0.5) is 0 Å². The Bertz CT molecular complexity index is 1490. The maximum atomic E-state index is 11.5. The van der Waals surface area contributed by atoms with E-state index in [4.69, 9.17) is 9.11 Å². The van der Waals surface area contributed by atoms with Crippen molar-refractivity contribution in [3.63, 3.8) is 0 Å². The van der Waals surface area contributed by atoms with Gasteiger partial charge in [-0.25, -0.2) is 4.98 Å². The minimum atomic E-state index is -5.40. The van der Waals surface area contributed by atoms with E-state index in [1.807, 2.05) is 6.08 Å². The molecule has 0 bridgehead atoms. The molecule has 172 valence electrons. The molecule has 0 atom stereocenters. The van der Waals surface area contributed by atoms with Gasteiger partial charge in [-0.2, -0.15) is 25.3 Å². The number of aromatic nitrogens is 2. The van der Waals surface area contributed by atoms with Crippen LogP contribution in [0.2, 0.25) is 0 Å². The van der Waals surface area contributed by atoms with Gasteiger partial charge in [0.15, 0.2) is 0 Å². The molecule has 1 aromatic heterocycles. The Morgan fingerprint density at radius 3 is 2.03 bits per heavy atom. The van der Waals surface area contributed by atoms with Crippen molar-refractivity contribution in [1.82, 2.24) is 9.97 Å². The molecule has 4 N–H and O–H groups in total. The molecule has 0 fully saturated rings. The zero-order chi connectivity index (χ0) is 24.3. The third-order valence-electron chi connectivity index (χ3n) is 3.94. The number of rotatable bonds is 6. The number of hydrogen-bond acceptors (Lipinski definition) is 7. The first kappa shape index (κ1) is 25.4. The number of nitrogens with one attached hydrogen (secondary N) is 1. The van der Waals surface area contributed by atoms with Crippen molar-refractivity contribution in [2.45, 2.75) is 21.1 Å². The van der Waals surface area contributed by atoms with Crippen molar-refractivity contribution in [2.75, 3.05) is 0 Å². The largest absolute Gasteiger partial charge is 0.345 e. The summed E-state index contributed by atoms with van der Waals surface area (Å²) < 4.78 is 96.0. The number of benzene rings is 2. The minimum Gasteiger partial charge on any atom is -0.345 e. The number of H-pyrrole nitrogens is 1. The van der Waals surface area contributed by atoms with Crippen LogP contribution in [0.1, 0.15) is 12.2 Å². The van der Waals surface area contributed by atoms with Gasteiger partial charge in [0, 0.05) is 17.8 Å². The Hall–Kier alpha value is -2.88. The Balaban J connectivity index is 0.000000303. The molecule has 3 rings (SSSR count). The highest BCUT2D eigenvalue weighted by Crippen LogP contribution is 2.35. The summed E-state index contributed by atoms with van der Waals surface area (Å²) in [5.74, 6) is 0.847. The number of imidazole rings is 1. The first-order chi connectivity index (χ1) is 14.7. The highest BCUT2D eigenvalue weighted by Gasteiger charge is 2.34. The van der Waals surface area contributed by atoms with Gasteiger partial charge >= 0.3 is 0 Å². The normalized spacial score (nSPS) is 12.1. The molecule has 0 aliphatic carbocycles. The Morgan fingerprint density at radius 1 is 0.969 bits per heavy atom. The van der Waals surface area contributed by atoms with Crippen LogP contribution in [0.15, 0.2) is 76.6 Å². The van der Waals surface area contributed by atoms with E-state index in [1.165, 1.54) is 18.2 Å². The fourth-order valence-corrected chi connectivity index (χ4v) is 6.10. The third-order valence-corrected chi connectivity index (χ3v) is 6.96. The van der Waals surface area contributed by atoms with Gasteiger partial charge in [0.2, 0.25) is 0 Å². The van der Waals surface area contributed by atoms with Crippen LogP contribution in [0.3, 0.4) is 0 Å². The van der Waals surface area contributed by atoms with Crippen LogP contribution in [0, 0.1) is 0 Å². The molecule has 0 saturated carbocycles. The van der Waals surface area contributed by atoms with E-state index in [1.54, 1.807) is 12.4 Å². The van der Waals surface area contributed by atoms with E-state index in [9.17, 15) is 29.8 Å². The second-order valence-electron chi connectivity index (χ2n) is 6.21. The monoisotopic (exact) mass is 502 g/mol. The summed E-state index contributed by atoms with van der Waals surface area (Å²) in [4.78, 5) is 2.69. The maximum Gasteiger partial charge on any atom is 0.297 e. The molecule has 2 aromatic carbocycles.